The number of anilines is 1. The van der Waals surface area contributed by atoms with Gasteiger partial charge in [-0.25, -0.2) is 19.7 Å². The van der Waals surface area contributed by atoms with E-state index in [1.807, 2.05) is 36.2 Å². The molecule has 2 aliphatic rings. The lowest BCUT2D eigenvalue weighted by molar-refractivity contribution is -0.114. The highest BCUT2D eigenvalue weighted by Gasteiger charge is 2.24. The Morgan fingerprint density at radius 2 is 2.03 bits per heavy atom. The minimum atomic E-state index is -0.146. The fourth-order valence-electron chi connectivity index (χ4n) is 4.61. The van der Waals surface area contributed by atoms with Crippen molar-refractivity contribution in [2.75, 3.05) is 25.0 Å². The van der Waals surface area contributed by atoms with Gasteiger partial charge in [0, 0.05) is 49.8 Å². The second-order valence-electron chi connectivity index (χ2n) is 9.50. The number of benzene rings is 1. The Kier molecular flexibility index (Phi) is 7.91. The van der Waals surface area contributed by atoms with Gasteiger partial charge in [-0.2, -0.15) is 0 Å². The largest absolute Gasteiger partial charge is 0.338 e. The van der Waals surface area contributed by atoms with E-state index in [-0.39, 0.29) is 17.9 Å². The van der Waals surface area contributed by atoms with Crippen molar-refractivity contribution in [3.63, 3.8) is 0 Å². The number of halogens is 1. The molecule has 1 aliphatic carbocycles. The van der Waals surface area contributed by atoms with Crippen LogP contribution in [0.5, 0.6) is 0 Å². The van der Waals surface area contributed by atoms with Gasteiger partial charge in [-0.05, 0) is 55.9 Å². The average Bonchev–Trinajstić information content (AvgIpc) is 3.33. The number of piperidine rings is 1. The Labute approximate surface area is 231 Å². The fraction of sp³-hybridized carbons (Fsp3) is 0.393. The van der Waals surface area contributed by atoms with Crippen molar-refractivity contribution in [1.29, 1.82) is 0 Å². The number of aromatic nitrogens is 3. The first-order chi connectivity index (χ1) is 18.4. The molecule has 0 bridgehead atoms. The minimum Gasteiger partial charge on any atom is -0.338 e. The van der Waals surface area contributed by atoms with Crippen LogP contribution < -0.4 is 10.6 Å². The molecule has 1 fully saturated rings. The third-order valence-corrected chi connectivity index (χ3v) is 7.98. The molecule has 38 heavy (non-hydrogen) atoms. The number of nitrogens with one attached hydrogen (secondary N) is 2. The maximum Gasteiger partial charge on any atom is 0.317 e. The Bertz CT molecular complexity index is 1430. The summed E-state index contributed by atoms with van der Waals surface area (Å²) in [5.74, 6) is 7.31. The lowest BCUT2D eigenvalue weighted by atomic mass is 9.97. The zero-order valence-corrected chi connectivity index (χ0v) is 23.0. The number of aryl methyl sites for hydroxylation is 2. The summed E-state index contributed by atoms with van der Waals surface area (Å²) in [6, 6.07) is 5.69. The van der Waals surface area contributed by atoms with Crippen LogP contribution in [0.15, 0.2) is 24.4 Å². The number of fused-ring (bicyclic) bond motifs is 3. The van der Waals surface area contributed by atoms with Crippen molar-refractivity contribution < 1.29 is 9.59 Å². The van der Waals surface area contributed by atoms with E-state index in [4.69, 9.17) is 16.6 Å². The van der Waals surface area contributed by atoms with E-state index in [9.17, 15) is 9.59 Å². The van der Waals surface area contributed by atoms with Crippen molar-refractivity contribution in [3.05, 3.63) is 46.2 Å². The van der Waals surface area contributed by atoms with Crippen molar-refractivity contribution >= 4 is 40.0 Å². The number of carbonyl (C=O) groups is 2. The number of rotatable bonds is 4. The zero-order chi connectivity index (χ0) is 26.6. The average molecular weight is 549 g/mol. The summed E-state index contributed by atoms with van der Waals surface area (Å²) in [4.78, 5) is 40.6. The molecule has 3 heterocycles. The van der Waals surface area contributed by atoms with E-state index >= 15 is 0 Å². The van der Waals surface area contributed by atoms with E-state index < -0.39 is 0 Å². The lowest BCUT2D eigenvalue weighted by Crippen LogP contribution is -2.44. The summed E-state index contributed by atoms with van der Waals surface area (Å²) in [6.45, 7) is 5.65. The molecule has 0 spiro atoms. The van der Waals surface area contributed by atoms with Gasteiger partial charge in [-0.3, -0.25) is 4.79 Å². The van der Waals surface area contributed by atoms with E-state index in [0.717, 1.165) is 65.1 Å². The van der Waals surface area contributed by atoms with Crippen LogP contribution in [0.3, 0.4) is 0 Å². The third-order valence-electron chi connectivity index (χ3n) is 6.63. The van der Waals surface area contributed by atoms with Gasteiger partial charge in [0.05, 0.1) is 21.3 Å². The monoisotopic (exact) mass is 548 g/mol. The van der Waals surface area contributed by atoms with Crippen molar-refractivity contribution in [3.8, 4) is 33.8 Å². The van der Waals surface area contributed by atoms with Gasteiger partial charge in [0.15, 0.2) is 11.0 Å². The molecule has 1 aliphatic heterocycles. The Hall–Kier alpha value is -3.48. The summed E-state index contributed by atoms with van der Waals surface area (Å²) in [7, 11) is 0. The molecule has 8 nitrogen and oxygen atoms in total. The Balaban J connectivity index is 1.33. The number of thiazole rings is 1. The van der Waals surface area contributed by atoms with Gasteiger partial charge in [-0.1, -0.05) is 41.7 Å². The summed E-state index contributed by atoms with van der Waals surface area (Å²) < 4.78 is 0. The zero-order valence-electron chi connectivity index (χ0n) is 21.4. The highest BCUT2D eigenvalue weighted by molar-refractivity contribution is 7.19. The molecule has 5 rings (SSSR count). The first kappa shape index (κ1) is 26.1. The molecule has 0 atom stereocenters. The van der Waals surface area contributed by atoms with Crippen LogP contribution in [0.1, 0.15) is 49.9 Å². The normalized spacial score (nSPS) is 14.7. The van der Waals surface area contributed by atoms with Crippen molar-refractivity contribution in [2.24, 2.45) is 5.92 Å². The number of urea groups is 1. The molecule has 3 aromatic rings. The molecule has 1 aromatic carbocycles. The summed E-state index contributed by atoms with van der Waals surface area (Å²) >= 11 is 8.01. The first-order valence-corrected chi connectivity index (χ1v) is 14.1. The number of likely N-dealkylation sites (tertiary alicyclic amines) is 1. The summed E-state index contributed by atoms with van der Waals surface area (Å²) in [5, 5.41) is 6.86. The van der Waals surface area contributed by atoms with Crippen molar-refractivity contribution in [1.82, 2.24) is 25.2 Å². The predicted molar refractivity (Wildman–Crippen MR) is 150 cm³/mol. The number of carbonyl (C=O) groups excluding carboxylic acids is 2. The van der Waals surface area contributed by atoms with E-state index in [0.29, 0.717) is 35.6 Å². The topological polar surface area (TPSA) is 100 Å². The van der Waals surface area contributed by atoms with E-state index in [1.54, 1.807) is 0 Å². The first-order valence-electron chi connectivity index (χ1n) is 12.9. The van der Waals surface area contributed by atoms with E-state index in [2.05, 4.69) is 32.4 Å². The van der Waals surface area contributed by atoms with Gasteiger partial charge in [0.25, 0.3) is 0 Å². The van der Waals surface area contributed by atoms with Gasteiger partial charge in [0.2, 0.25) is 5.91 Å². The second-order valence-corrected chi connectivity index (χ2v) is 10.9. The number of amides is 3. The maximum absolute atomic E-state index is 12.2. The molecule has 10 heteroatoms. The second kappa shape index (κ2) is 11.5. The van der Waals surface area contributed by atoms with Crippen LogP contribution in [0.2, 0.25) is 5.02 Å². The predicted octanol–water partition coefficient (Wildman–Crippen LogP) is 5.16. The molecule has 2 N–H and O–H groups in total. The molecule has 196 valence electrons. The van der Waals surface area contributed by atoms with Gasteiger partial charge < -0.3 is 15.5 Å². The van der Waals surface area contributed by atoms with Crippen LogP contribution in [-0.4, -0.2) is 51.4 Å². The fourth-order valence-corrected chi connectivity index (χ4v) is 5.89. The minimum absolute atomic E-state index is 0.0161. The lowest BCUT2D eigenvalue weighted by Gasteiger charge is -2.29. The standard InChI is InChI=1S/C28H29ClN6O2S/c1-3-12-30-28(37)35-13-10-18(11-14-35)4-5-19-6-8-22(29)21(15-19)26-31-16-20-7-9-23-25(24(20)34-26)38-27(33-23)32-17(2)36/h6,8,15-16,18H,3,7,9-14H2,1-2H3,(H,30,37)(H,32,33,36). The smallest absolute Gasteiger partial charge is 0.317 e. The molecule has 2 aromatic heterocycles. The SMILES string of the molecule is CCCNC(=O)N1CCC(C#Cc2ccc(Cl)c(-c3ncc4c(n3)-c3sc(NC(C)=O)nc3CC4)c2)CC1. The quantitative estimate of drug-likeness (QED) is 0.439. The van der Waals surface area contributed by atoms with Crippen LogP contribution in [0.25, 0.3) is 22.0 Å². The molecule has 0 saturated carbocycles. The molecule has 3 amide bonds. The van der Waals surface area contributed by atoms with Crippen LogP contribution in [0.4, 0.5) is 9.93 Å². The number of hydrogen-bond acceptors (Lipinski definition) is 6. The third kappa shape index (κ3) is 5.82. The van der Waals surface area contributed by atoms with Crippen molar-refractivity contribution in [2.45, 2.75) is 46.0 Å². The number of nitrogens with zero attached hydrogens (tertiary/aromatic N) is 4. The number of hydrogen-bond donors (Lipinski definition) is 2. The Morgan fingerprint density at radius 1 is 1.21 bits per heavy atom. The van der Waals surface area contributed by atoms with Crippen LogP contribution >= 0.6 is 22.9 Å². The molecule has 1 saturated heterocycles. The summed E-state index contributed by atoms with van der Waals surface area (Å²) in [6.07, 6.45) is 6.09. The van der Waals surface area contributed by atoms with Gasteiger partial charge in [-0.15, -0.1) is 0 Å². The molecule has 0 radical (unpaired) electrons. The van der Waals surface area contributed by atoms with E-state index in [1.165, 1.54) is 18.3 Å². The molecular formula is C28H29ClN6O2S. The summed E-state index contributed by atoms with van der Waals surface area (Å²) in [5.41, 5.74) is 4.41. The van der Waals surface area contributed by atoms with Crippen LogP contribution in [0, 0.1) is 17.8 Å². The van der Waals surface area contributed by atoms with Gasteiger partial charge >= 0.3 is 6.03 Å². The Morgan fingerprint density at radius 3 is 2.79 bits per heavy atom. The molecule has 0 unspecified atom stereocenters. The van der Waals surface area contributed by atoms with Crippen LogP contribution in [-0.2, 0) is 17.6 Å². The van der Waals surface area contributed by atoms with Gasteiger partial charge in [0.1, 0.15) is 0 Å². The highest BCUT2D eigenvalue weighted by atomic mass is 35.5. The molecular weight excluding hydrogens is 520 g/mol. The highest BCUT2D eigenvalue weighted by Crippen LogP contribution is 2.39. The maximum atomic E-state index is 12.2.